The lowest BCUT2D eigenvalue weighted by Gasteiger charge is -2.11. The summed E-state index contributed by atoms with van der Waals surface area (Å²) in [5.41, 5.74) is 7.55. The number of benzene rings is 2. The Labute approximate surface area is 143 Å². The minimum atomic E-state index is 0.242. The fraction of sp³-hybridized carbons (Fsp3) is 0.0588. The van der Waals surface area contributed by atoms with Gasteiger partial charge in [-0.1, -0.05) is 30.0 Å². The van der Waals surface area contributed by atoms with Gasteiger partial charge in [0.05, 0.1) is 0 Å². The van der Waals surface area contributed by atoms with E-state index in [1.165, 1.54) is 18.1 Å². The van der Waals surface area contributed by atoms with Crippen molar-refractivity contribution in [2.75, 3.05) is 17.8 Å². The SMILES string of the molecule is Nc1c(Nc2ccc3c(c2)OCO3)ncnc1Sc1ccccc1. The number of anilines is 3. The number of rotatable bonds is 4. The molecule has 0 saturated heterocycles. The molecule has 4 rings (SSSR count). The van der Waals surface area contributed by atoms with Gasteiger partial charge in [-0.2, -0.15) is 0 Å². The van der Waals surface area contributed by atoms with Crippen molar-refractivity contribution in [2.45, 2.75) is 9.92 Å². The Kier molecular flexibility index (Phi) is 3.84. The molecule has 2 aromatic carbocycles. The van der Waals surface area contributed by atoms with Gasteiger partial charge in [0.25, 0.3) is 0 Å². The highest BCUT2D eigenvalue weighted by atomic mass is 32.2. The van der Waals surface area contributed by atoms with Gasteiger partial charge < -0.3 is 20.5 Å². The van der Waals surface area contributed by atoms with E-state index < -0.39 is 0 Å². The third-order valence-electron chi connectivity index (χ3n) is 3.44. The second kappa shape index (κ2) is 6.29. The summed E-state index contributed by atoms with van der Waals surface area (Å²) in [6.07, 6.45) is 1.50. The van der Waals surface area contributed by atoms with Crippen LogP contribution in [0.1, 0.15) is 0 Å². The maximum absolute atomic E-state index is 6.23. The molecule has 1 aliphatic heterocycles. The fourth-order valence-electron chi connectivity index (χ4n) is 2.27. The van der Waals surface area contributed by atoms with E-state index in [9.17, 15) is 0 Å². The molecule has 0 unspecified atom stereocenters. The van der Waals surface area contributed by atoms with E-state index in [2.05, 4.69) is 15.3 Å². The van der Waals surface area contributed by atoms with Crippen LogP contribution in [0, 0.1) is 0 Å². The average Bonchev–Trinajstić information content (AvgIpc) is 3.07. The second-order valence-electron chi connectivity index (χ2n) is 5.05. The van der Waals surface area contributed by atoms with Gasteiger partial charge in [-0.15, -0.1) is 0 Å². The van der Waals surface area contributed by atoms with Gasteiger partial charge in [-0.3, -0.25) is 0 Å². The number of nitrogens with two attached hydrogens (primary N) is 1. The first-order chi connectivity index (χ1) is 11.8. The van der Waals surface area contributed by atoms with Crippen LogP contribution in [0.15, 0.2) is 64.8 Å². The molecule has 1 aliphatic rings. The van der Waals surface area contributed by atoms with Crippen LogP contribution in [0.4, 0.5) is 17.2 Å². The number of nitrogens with zero attached hydrogens (tertiary/aromatic N) is 2. The summed E-state index contributed by atoms with van der Waals surface area (Å²) in [5.74, 6) is 1.99. The van der Waals surface area contributed by atoms with Gasteiger partial charge in [0.1, 0.15) is 17.0 Å². The zero-order valence-corrected chi connectivity index (χ0v) is 13.4. The van der Waals surface area contributed by atoms with E-state index in [4.69, 9.17) is 15.2 Å². The predicted molar refractivity (Wildman–Crippen MR) is 92.9 cm³/mol. The quantitative estimate of drug-likeness (QED) is 0.702. The van der Waals surface area contributed by atoms with Crippen molar-refractivity contribution >= 4 is 29.0 Å². The normalized spacial score (nSPS) is 12.2. The number of ether oxygens (including phenoxy) is 2. The van der Waals surface area contributed by atoms with Gasteiger partial charge in [0.2, 0.25) is 6.79 Å². The molecule has 0 amide bonds. The first-order valence-corrected chi connectivity index (χ1v) is 8.11. The summed E-state index contributed by atoms with van der Waals surface area (Å²) in [4.78, 5) is 9.58. The number of aromatic nitrogens is 2. The Hall–Kier alpha value is -2.93. The zero-order valence-electron chi connectivity index (χ0n) is 12.6. The minimum Gasteiger partial charge on any atom is -0.454 e. The summed E-state index contributed by atoms with van der Waals surface area (Å²) in [7, 11) is 0. The van der Waals surface area contributed by atoms with Crippen molar-refractivity contribution < 1.29 is 9.47 Å². The molecule has 120 valence electrons. The maximum Gasteiger partial charge on any atom is 0.231 e. The van der Waals surface area contributed by atoms with Crippen molar-refractivity contribution in [1.82, 2.24) is 9.97 Å². The van der Waals surface area contributed by atoms with Gasteiger partial charge in [-0.05, 0) is 24.3 Å². The largest absolute Gasteiger partial charge is 0.454 e. The lowest BCUT2D eigenvalue weighted by Crippen LogP contribution is -2.02. The molecule has 0 radical (unpaired) electrons. The molecule has 0 bridgehead atoms. The van der Waals surface area contributed by atoms with Gasteiger partial charge in [-0.25, -0.2) is 9.97 Å². The molecule has 0 fully saturated rings. The zero-order chi connectivity index (χ0) is 16.4. The van der Waals surface area contributed by atoms with Gasteiger partial charge in [0, 0.05) is 16.6 Å². The monoisotopic (exact) mass is 338 g/mol. The highest BCUT2D eigenvalue weighted by Crippen LogP contribution is 2.37. The Morgan fingerprint density at radius 3 is 2.71 bits per heavy atom. The van der Waals surface area contributed by atoms with E-state index in [1.807, 2.05) is 48.5 Å². The molecule has 0 spiro atoms. The van der Waals surface area contributed by atoms with E-state index in [0.29, 0.717) is 22.3 Å². The van der Waals surface area contributed by atoms with E-state index >= 15 is 0 Å². The number of hydrogen-bond acceptors (Lipinski definition) is 7. The smallest absolute Gasteiger partial charge is 0.231 e. The molecule has 7 heteroatoms. The Bertz CT molecular complexity index is 874. The van der Waals surface area contributed by atoms with Crippen molar-refractivity contribution in [2.24, 2.45) is 0 Å². The topological polar surface area (TPSA) is 82.3 Å². The molecule has 0 aliphatic carbocycles. The third-order valence-corrected chi connectivity index (χ3v) is 4.47. The molecule has 3 aromatic rings. The molecular formula is C17H14N4O2S. The van der Waals surface area contributed by atoms with Crippen LogP contribution in [0.5, 0.6) is 11.5 Å². The lowest BCUT2D eigenvalue weighted by atomic mass is 10.2. The van der Waals surface area contributed by atoms with E-state index in [-0.39, 0.29) is 6.79 Å². The standard InChI is InChI=1S/C17H14N4O2S/c18-15-16(21-11-6-7-13-14(8-11)23-10-22-13)19-9-20-17(15)24-12-4-2-1-3-5-12/h1-9H,10,18H2,(H,19,20,21). The Morgan fingerprint density at radius 2 is 1.83 bits per heavy atom. The van der Waals surface area contributed by atoms with Crippen LogP contribution in [0.25, 0.3) is 0 Å². The van der Waals surface area contributed by atoms with Gasteiger partial charge >= 0.3 is 0 Å². The summed E-state index contributed by atoms with van der Waals surface area (Å²) in [6, 6.07) is 15.5. The van der Waals surface area contributed by atoms with E-state index in [1.54, 1.807) is 0 Å². The Balaban J connectivity index is 1.58. The summed E-state index contributed by atoms with van der Waals surface area (Å²) in [6.45, 7) is 0.242. The van der Waals surface area contributed by atoms with Crippen LogP contribution in [-0.4, -0.2) is 16.8 Å². The van der Waals surface area contributed by atoms with Crippen LogP contribution in [0.2, 0.25) is 0 Å². The first-order valence-electron chi connectivity index (χ1n) is 7.29. The number of fused-ring (bicyclic) bond motifs is 1. The first kappa shape index (κ1) is 14.6. The van der Waals surface area contributed by atoms with Crippen LogP contribution < -0.4 is 20.5 Å². The molecular weight excluding hydrogens is 324 g/mol. The number of nitrogen functional groups attached to an aromatic ring is 1. The fourth-order valence-corrected chi connectivity index (χ4v) is 3.09. The van der Waals surface area contributed by atoms with Gasteiger partial charge in [0.15, 0.2) is 17.3 Å². The van der Waals surface area contributed by atoms with Crippen LogP contribution in [-0.2, 0) is 0 Å². The predicted octanol–water partition coefficient (Wildman–Crippen LogP) is 3.68. The van der Waals surface area contributed by atoms with E-state index in [0.717, 1.165) is 16.3 Å². The Morgan fingerprint density at radius 1 is 1.00 bits per heavy atom. The van der Waals surface area contributed by atoms with Crippen LogP contribution in [0.3, 0.4) is 0 Å². The number of hydrogen-bond donors (Lipinski definition) is 2. The molecule has 0 saturated carbocycles. The van der Waals surface area contributed by atoms with Crippen molar-refractivity contribution in [1.29, 1.82) is 0 Å². The summed E-state index contributed by atoms with van der Waals surface area (Å²) >= 11 is 1.50. The third kappa shape index (κ3) is 2.93. The minimum absolute atomic E-state index is 0.242. The average molecular weight is 338 g/mol. The van der Waals surface area contributed by atoms with Crippen molar-refractivity contribution in [3.63, 3.8) is 0 Å². The summed E-state index contributed by atoms with van der Waals surface area (Å²) < 4.78 is 10.7. The highest BCUT2D eigenvalue weighted by molar-refractivity contribution is 7.99. The lowest BCUT2D eigenvalue weighted by molar-refractivity contribution is 0.174. The number of nitrogens with one attached hydrogen (secondary N) is 1. The second-order valence-corrected chi connectivity index (χ2v) is 6.11. The van der Waals surface area contributed by atoms with Crippen molar-refractivity contribution in [3.8, 4) is 11.5 Å². The van der Waals surface area contributed by atoms with Crippen LogP contribution >= 0.6 is 11.8 Å². The van der Waals surface area contributed by atoms with Crippen molar-refractivity contribution in [3.05, 3.63) is 54.9 Å². The molecule has 0 atom stereocenters. The molecule has 3 N–H and O–H groups in total. The molecule has 2 heterocycles. The highest BCUT2D eigenvalue weighted by Gasteiger charge is 2.15. The summed E-state index contributed by atoms with van der Waals surface area (Å²) in [5, 5.41) is 3.91. The molecule has 6 nitrogen and oxygen atoms in total. The molecule has 24 heavy (non-hydrogen) atoms. The molecule has 1 aromatic heterocycles. The maximum atomic E-state index is 6.23.